The van der Waals surface area contributed by atoms with E-state index in [0.29, 0.717) is 0 Å². The second-order valence-corrected chi connectivity index (χ2v) is 6.40. The average Bonchev–Trinajstić information content (AvgIpc) is 2.82. The summed E-state index contributed by atoms with van der Waals surface area (Å²) >= 11 is 0. The topological polar surface area (TPSA) is 110 Å². The van der Waals surface area contributed by atoms with Gasteiger partial charge in [-0.15, -0.1) is 0 Å². The Balaban J connectivity index is 2.17. The van der Waals surface area contributed by atoms with Gasteiger partial charge in [0, 0.05) is 6.92 Å². The van der Waals surface area contributed by atoms with E-state index in [-0.39, 0.29) is 25.4 Å². The lowest BCUT2D eigenvalue weighted by Gasteiger charge is -2.36. The summed E-state index contributed by atoms with van der Waals surface area (Å²) in [6, 6.07) is -0.661. The number of aliphatic hydroxyl groups is 1. The van der Waals surface area contributed by atoms with Crippen LogP contribution in [0.1, 0.15) is 34.1 Å². The first-order chi connectivity index (χ1) is 10.5. The summed E-state index contributed by atoms with van der Waals surface area (Å²) in [5, 5.41) is 14.4. The Morgan fingerprint density at radius 1 is 1.39 bits per heavy atom. The lowest BCUT2D eigenvalue weighted by atomic mass is 10.2. The van der Waals surface area contributed by atoms with Crippen LogP contribution in [0.3, 0.4) is 0 Å². The Morgan fingerprint density at radius 2 is 2.00 bits per heavy atom. The van der Waals surface area contributed by atoms with E-state index in [4.69, 9.17) is 0 Å². The number of β-amino-alcohol motifs (C(OH)–C–C–N with tert-alkyl or cyclic N) is 1. The maximum absolute atomic E-state index is 12.6. The first-order valence-corrected chi connectivity index (χ1v) is 7.45. The van der Waals surface area contributed by atoms with Crippen molar-refractivity contribution in [3.63, 3.8) is 0 Å². The molecular formula is C14H22N4O5. The van der Waals surface area contributed by atoms with Crippen LogP contribution in [0.25, 0.3) is 0 Å². The van der Waals surface area contributed by atoms with Gasteiger partial charge in [0.1, 0.15) is 18.2 Å². The molecule has 0 bridgehead atoms. The van der Waals surface area contributed by atoms with E-state index >= 15 is 0 Å². The van der Waals surface area contributed by atoms with Gasteiger partial charge in [0.25, 0.3) is 0 Å². The van der Waals surface area contributed by atoms with Crippen molar-refractivity contribution in [2.75, 3.05) is 13.1 Å². The summed E-state index contributed by atoms with van der Waals surface area (Å²) in [6.07, 6.45) is -0.936. The molecule has 9 heteroatoms. The molecule has 0 aliphatic carbocycles. The van der Waals surface area contributed by atoms with Gasteiger partial charge in [0.15, 0.2) is 0 Å². The van der Waals surface area contributed by atoms with Gasteiger partial charge in [0.2, 0.25) is 23.6 Å². The van der Waals surface area contributed by atoms with Gasteiger partial charge in [-0.05, 0) is 20.8 Å². The fourth-order valence-corrected chi connectivity index (χ4v) is 3.07. The van der Waals surface area contributed by atoms with Crippen molar-refractivity contribution in [3.05, 3.63) is 0 Å². The van der Waals surface area contributed by atoms with Crippen molar-refractivity contribution in [2.24, 2.45) is 0 Å². The number of carbonyl (C=O) groups is 4. The zero-order valence-electron chi connectivity index (χ0n) is 13.7. The third kappa shape index (κ3) is 3.14. The molecule has 23 heavy (non-hydrogen) atoms. The molecule has 2 atom stereocenters. The molecule has 4 amide bonds. The molecule has 2 unspecified atom stereocenters. The summed E-state index contributed by atoms with van der Waals surface area (Å²) in [7, 11) is 0. The smallest absolute Gasteiger partial charge is 0.246 e. The quantitative estimate of drug-likeness (QED) is 0.651. The fraction of sp³-hybridized carbons (Fsp3) is 0.714. The number of nitrogens with zero attached hydrogens (tertiary/aromatic N) is 3. The minimum absolute atomic E-state index is 0.0260. The molecule has 2 aliphatic rings. The van der Waals surface area contributed by atoms with Crippen molar-refractivity contribution in [1.82, 2.24) is 20.2 Å². The molecule has 0 aromatic rings. The lowest BCUT2D eigenvalue weighted by Crippen LogP contribution is -2.56. The van der Waals surface area contributed by atoms with Gasteiger partial charge >= 0.3 is 0 Å². The molecule has 0 radical (unpaired) electrons. The number of hydrazine groups is 1. The molecule has 9 nitrogen and oxygen atoms in total. The van der Waals surface area contributed by atoms with Crippen LogP contribution in [0.4, 0.5) is 0 Å². The third-order valence-corrected chi connectivity index (χ3v) is 4.09. The normalized spacial score (nSPS) is 26.5. The molecule has 0 saturated carbocycles. The molecular weight excluding hydrogens is 304 g/mol. The predicted octanol–water partition coefficient (Wildman–Crippen LogP) is -1.57. The highest BCUT2D eigenvalue weighted by atomic mass is 16.3. The van der Waals surface area contributed by atoms with E-state index < -0.39 is 35.5 Å². The van der Waals surface area contributed by atoms with Crippen LogP contribution in [0.5, 0.6) is 0 Å². The standard InChI is InChI=1S/C14H22N4O5/c1-8-13(23)15-14(3,4)18(8)12(22)7-16(9(2)19)17-6-10(20)5-11(17)21/h8,10,20H,5-7H2,1-4H3,(H,15,23). The Bertz CT molecular complexity index is 561. The van der Waals surface area contributed by atoms with Crippen LogP contribution in [0, 0.1) is 0 Å². The number of carbonyl (C=O) groups excluding carboxylic acids is 4. The predicted molar refractivity (Wildman–Crippen MR) is 78.3 cm³/mol. The zero-order chi connectivity index (χ0) is 17.5. The van der Waals surface area contributed by atoms with E-state index in [2.05, 4.69) is 5.32 Å². The van der Waals surface area contributed by atoms with Gasteiger partial charge < -0.3 is 15.3 Å². The Labute approximate surface area is 134 Å². The van der Waals surface area contributed by atoms with Crippen molar-refractivity contribution in [1.29, 1.82) is 0 Å². The van der Waals surface area contributed by atoms with Crippen molar-refractivity contribution in [3.8, 4) is 0 Å². The minimum atomic E-state index is -0.870. The van der Waals surface area contributed by atoms with Crippen LogP contribution in [0.2, 0.25) is 0 Å². The van der Waals surface area contributed by atoms with Gasteiger partial charge in [0.05, 0.1) is 19.1 Å². The summed E-state index contributed by atoms with van der Waals surface area (Å²) < 4.78 is 0. The first kappa shape index (κ1) is 17.2. The van der Waals surface area contributed by atoms with E-state index in [1.165, 1.54) is 11.8 Å². The highest BCUT2D eigenvalue weighted by Crippen LogP contribution is 2.23. The van der Waals surface area contributed by atoms with Gasteiger partial charge in [-0.2, -0.15) is 0 Å². The number of amides is 4. The van der Waals surface area contributed by atoms with Crippen molar-refractivity contribution < 1.29 is 24.3 Å². The molecule has 2 N–H and O–H groups in total. The molecule has 0 aromatic heterocycles. The second-order valence-electron chi connectivity index (χ2n) is 6.40. The number of hydrogen-bond acceptors (Lipinski definition) is 5. The van der Waals surface area contributed by atoms with Crippen LogP contribution in [-0.4, -0.2) is 74.6 Å². The Morgan fingerprint density at radius 3 is 2.39 bits per heavy atom. The number of aliphatic hydroxyl groups excluding tert-OH is 1. The first-order valence-electron chi connectivity index (χ1n) is 7.45. The fourth-order valence-electron chi connectivity index (χ4n) is 3.07. The highest BCUT2D eigenvalue weighted by molar-refractivity contribution is 5.94. The van der Waals surface area contributed by atoms with Crippen molar-refractivity contribution in [2.45, 2.75) is 51.9 Å². The third-order valence-electron chi connectivity index (χ3n) is 4.09. The average molecular weight is 326 g/mol. The van der Waals surface area contributed by atoms with E-state index in [1.807, 2.05) is 0 Å². The van der Waals surface area contributed by atoms with E-state index in [1.54, 1.807) is 20.8 Å². The van der Waals surface area contributed by atoms with Crippen molar-refractivity contribution >= 4 is 23.6 Å². The monoisotopic (exact) mass is 326 g/mol. The summed E-state index contributed by atoms with van der Waals surface area (Å²) in [5.41, 5.74) is -0.870. The van der Waals surface area contributed by atoms with Gasteiger partial charge in [-0.3, -0.25) is 19.2 Å². The maximum atomic E-state index is 12.6. The molecule has 2 saturated heterocycles. The minimum Gasteiger partial charge on any atom is -0.391 e. The van der Waals surface area contributed by atoms with Crippen LogP contribution >= 0.6 is 0 Å². The van der Waals surface area contributed by atoms with E-state index in [0.717, 1.165) is 10.0 Å². The van der Waals surface area contributed by atoms with Crippen LogP contribution in [-0.2, 0) is 19.2 Å². The van der Waals surface area contributed by atoms with Crippen LogP contribution in [0.15, 0.2) is 0 Å². The Kier molecular flexibility index (Phi) is 4.34. The lowest BCUT2D eigenvalue weighted by molar-refractivity contribution is -0.164. The largest absolute Gasteiger partial charge is 0.391 e. The number of hydrogen-bond donors (Lipinski definition) is 2. The summed E-state index contributed by atoms with van der Waals surface area (Å²) in [4.78, 5) is 49.5. The number of rotatable bonds is 3. The molecule has 0 aromatic carbocycles. The SMILES string of the molecule is CC(=O)N(CC(=O)N1C(C)C(=O)NC1(C)C)N1CC(O)CC1=O. The summed E-state index contributed by atoms with van der Waals surface area (Å²) in [6.45, 7) is 5.83. The zero-order valence-corrected chi connectivity index (χ0v) is 13.7. The second kappa shape index (κ2) is 5.80. The molecule has 2 fully saturated rings. The molecule has 128 valence electrons. The highest BCUT2D eigenvalue weighted by Gasteiger charge is 2.46. The van der Waals surface area contributed by atoms with Gasteiger partial charge in [-0.25, -0.2) is 10.0 Å². The summed E-state index contributed by atoms with van der Waals surface area (Å²) in [5.74, 6) is -1.62. The van der Waals surface area contributed by atoms with E-state index in [9.17, 15) is 24.3 Å². The molecule has 0 spiro atoms. The molecule has 2 aliphatic heterocycles. The molecule has 2 rings (SSSR count). The number of nitrogens with one attached hydrogen (secondary N) is 1. The Hall–Kier alpha value is -2.16. The van der Waals surface area contributed by atoms with Crippen LogP contribution < -0.4 is 5.32 Å². The maximum Gasteiger partial charge on any atom is 0.246 e. The van der Waals surface area contributed by atoms with Gasteiger partial charge in [-0.1, -0.05) is 0 Å². The molecule has 2 heterocycles.